The molecule has 104 valence electrons. The summed E-state index contributed by atoms with van der Waals surface area (Å²) in [5, 5.41) is 3.64. The second-order valence-corrected chi connectivity index (χ2v) is 4.81. The molecule has 19 heavy (non-hydrogen) atoms. The van der Waals surface area contributed by atoms with Crippen molar-refractivity contribution in [2.45, 2.75) is 11.2 Å². The summed E-state index contributed by atoms with van der Waals surface area (Å²) in [4.78, 5) is 22.1. The maximum atomic E-state index is 11.5. The average Bonchev–Trinajstić information content (AvgIpc) is 2.46. The molecule has 8 heteroatoms. The number of carbonyl (C=O) groups excluding carboxylic acids is 1. The van der Waals surface area contributed by atoms with E-state index in [-0.39, 0.29) is 0 Å². The number of hydrogen-bond acceptors (Lipinski definition) is 7. The molecule has 1 fully saturated rings. The Labute approximate surface area is 115 Å². The first-order chi connectivity index (χ1) is 9.15. The predicted octanol–water partition coefficient (Wildman–Crippen LogP) is -0.0693. The van der Waals surface area contributed by atoms with E-state index in [2.05, 4.69) is 15.3 Å². The van der Waals surface area contributed by atoms with E-state index >= 15 is 0 Å². The molecule has 0 radical (unpaired) electrons. The number of primary amides is 1. The van der Waals surface area contributed by atoms with Crippen molar-refractivity contribution in [3.05, 3.63) is 6.07 Å². The topological polar surface area (TPSA) is 93.4 Å². The number of hydrogen-bond donors (Lipinski definition) is 2. The highest BCUT2D eigenvalue weighted by Crippen LogP contribution is 2.23. The number of ether oxygens (including phenoxy) is 1. The van der Waals surface area contributed by atoms with Gasteiger partial charge in [0.1, 0.15) is 17.7 Å². The SMILES string of the molecule is CNc1cc(N2CCOCC2C(N)=O)nc(SC)n1. The number of amides is 1. The normalized spacial score (nSPS) is 19.3. The smallest absolute Gasteiger partial charge is 0.242 e. The van der Waals surface area contributed by atoms with Gasteiger partial charge in [0.05, 0.1) is 13.2 Å². The van der Waals surface area contributed by atoms with Crippen molar-refractivity contribution in [2.24, 2.45) is 5.73 Å². The minimum absolute atomic E-state index is 0.294. The van der Waals surface area contributed by atoms with Crippen LogP contribution in [0.25, 0.3) is 0 Å². The Bertz CT molecular complexity index is 448. The quantitative estimate of drug-likeness (QED) is 0.590. The lowest BCUT2D eigenvalue weighted by Gasteiger charge is -2.34. The summed E-state index contributed by atoms with van der Waals surface area (Å²) in [6.07, 6.45) is 1.91. The molecule has 1 aliphatic heterocycles. The highest BCUT2D eigenvalue weighted by Gasteiger charge is 2.29. The summed E-state index contributed by atoms with van der Waals surface area (Å²) >= 11 is 1.45. The van der Waals surface area contributed by atoms with E-state index in [4.69, 9.17) is 10.5 Å². The van der Waals surface area contributed by atoms with E-state index in [1.807, 2.05) is 11.2 Å². The maximum absolute atomic E-state index is 11.5. The molecule has 1 amide bonds. The Morgan fingerprint density at radius 2 is 2.42 bits per heavy atom. The number of aromatic nitrogens is 2. The van der Waals surface area contributed by atoms with Crippen LogP contribution in [0, 0.1) is 0 Å². The molecule has 1 atom stereocenters. The number of morpholine rings is 1. The third kappa shape index (κ3) is 3.07. The molecule has 2 heterocycles. The van der Waals surface area contributed by atoms with Gasteiger partial charge in [0, 0.05) is 19.7 Å². The Morgan fingerprint density at radius 3 is 3.05 bits per heavy atom. The second kappa shape index (κ2) is 6.07. The summed E-state index contributed by atoms with van der Waals surface area (Å²) in [6.45, 7) is 1.43. The van der Waals surface area contributed by atoms with Crippen LogP contribution in [-0.2, 0) is 9.53 Å². The minimum Gasteiger partial charge on any atom is -0.377 e. The Balaban J connectivity index is 2.35. The van der Waals surface area contributed by atoms with Crippen molar-refractivity contribution in [1.82, 2.24) is 9.97 Å². The lowest BCUT2D eigenvalue weighted by molar-refractivity contribution is -0.121. The molecule has 3 N–H and O–H groups in total. The van der Waals surface area contributed by atoms with Crippen LogP contribution in [0.1, 0.15) is 0 Å². The van der Waals surface area contributed by atoms with E-state index in [0.29, 0.717) is 36.6 Å². The zero-order chi connectivity index (χ0) is 13.8. The third-order valence-electron chi connectivity index (χ3n) is 2.88. The molecule has 0 aliphatic carbocycles. The molecule has 1 saturated heterocycles. The van der Waals surface area contributed by atoms with Gasteiger partial charge in [-0.05, 0) is 6.26 Å². The Morgan fingerprint density at radius 1 is 1.63 bits per heavy atom. The first kappa shape index (κ1) is 13.9. The van der Waals surface area contributed by atoms with Crippen molar-refractivity contribution < 1.29 is 9.53 Å². The van der Waals surface area contributed by atoms with Gasteiger partial charge in [-0.25, -0.2) is 9.97 Å². The molecule has 2 rings (SSSR count). The Hall–Kier alpha value is -1.54. The Kier molecular flexibility index (Phi) is 4.43. The van der Waals surface area contributed by atoms with Crippen molar-refractivity contribution >= 4 is 29.3 Å². The highest BCUT2D eigenvalue weighted by atomic mass is 32.2. The number of rotatable bonds is 4. The number of nitrogens with zero attached hydrogens (tertiary/aromatic N) is 3. The largest absolute Gasteiger partial charge is 0.377 e. The molecule has 0 spiro atoms. The van der Waals surface area contributed by atoms with Crippen LogP contribution in [0.2, 0.25) is 0 Å². The second-order valence-electron chi connectivity index (χ2n) is 4.03. The van der Waals surface area contributed by atoms with Gasteiger partial charge in [-0.15, -0.1) is 0 Å². The van der Waals surface area contributed by atoms with Crippen LogP contribution in [0.3, 0.4) is 0 Å². The van der Waals surface area contributed by atoms with Gasteiger partial charge in [-0.1, -0.05) is 11.8 Å². The molecular formula is C11H17N5O2S. The van der Waals surface area contributed by atoms with E-state index in [1.165, 1.54) is 11.8 Å². The monoisotopic (exact) mass is 283 g/mol. The predicted molar refractivity (Wildman–Crippen MR) is 74.5 cm³/mol. The van der Waals surface area contributed by atoms with E-state index in [0.717, 1.165) is 0 Å². The van der Waals surface area contributed by atoms with Gasteiger partial charge in [0.15, 0.2) is 5.16 Å². The third-order valence-corrected chi connectivity index (χ3v) is 3.43. The van der Waals surface area contributed by atoms with Crippen molar-refractivity contribution in [3.63, 3.8) is 0 Å². The molecule has 1 unspecified atom stereocenters. The molecule has 1 aliphatic rings. The summed E-state index contributed by atoms with van der Waals surface area (Å²) in [5.41, 5.74) is 5.41. The van der Waals surface area contributed by atoms with Crippen LogP contribution >= 0.6 is 11.8 Å². The number of carbonyl (C=O) groups is 1. The molecular weight excluding hydrogens is 266 g/mol. The molecule has 0 bridgehead atoms. The fourth-order valence-corrected chi connectivity index (χ4v) is 2.27. The first-order valence-corrected chi connectivity index (χ1v) is 7.12. The van der Waals surface area contributed by atoms with E-state index < -0.39 is 11.9 Å². The zero-order valence-electron chi connectivity index (χ0n) is 10.9. The molecule has 0 saturated carbocycles. The van der Waals surface area contributed by atoms with Gasteiger partial charge in [-0.2, -0.15) is 0 Å². The van der Waals surface area contributed by atoms with Crippen molar-refractivity contribution in [2.75, 3.05) is 43.3 Å². The van der Waals surface area contributed by atoms with Gasteiger partial charge in [0.25, 0.3) is 0 Å². The van der Waals surface area contributed by atoms with Crippen LogP contribution in [0.15, 0.2) is 11.2 Å². The lowest BCUT2D eigenvalue weighted by Crippen LogP contribution is -2.53. The summed E-state index contributed by atoms with van der Waals surface area (Å²) < 4.78 is 5.30. The number of nitrogens with two attached hydrogens (primary N) is 1. The standard InChI is InChI=1S/C11H17N5O2S/c1-13-8-5-9(15-11(14-8)19-2)16-3-4-18-6-7(16)10(12)17/h5,7H,3-4,6H2,1-2H3,(H2,12,17)(H,13,14,15). The van der Waals surface area contributed by atoms with Crippen molar-refractivity contribution in [3.8, 4) is 0 Å². The fraction of sp³-hybridized carbons (Fsp3) is 0.545. The molecule has 7 nitrogen and oxygen atoms in total. The van der Waals surface area contributed by atoms with Gasteiger partial charge >= 0.3 is 0 Å². The number of anilines is 2. The summed E-state index contributed by atoms with van der Waals surface area (Å²) in [7, 11) is 1.79. The number of thioether (sulfide) groups is 1. The van der Waals surface area contributed by atoms with Gasteiger partial charge in [0.2, 0.25) is 5.91 Å². The minimum atomic E-state index is -0.483. The van der Waals surface area contributed by atoms with Gasteiger partial charge < -0.3 is 20.7 Å². The zero-order valence-corrected chi connectivity index (χ0v) is 11.7. The lowest BCUT2D eigenvalue weighted by atomic mass is 10.2. The summed E-state index contributed by atoms with van der Waals surface area (Å²) in [6, 6.07) is 1.32. The van der Waals surface area contributed by atoms with Gasteiger partial charge in [-0.3, -0.25) is 4.79 Å². The van der Waals surface area contributed by atoms with E-state index in [9.17, 15) is 4.79 Å². The van der Waals surface area contributed by atoms with Crippen LogP contribution < -0.4 is 16.0 Å². The van der Waals surface area contributed by atoms with E-state index in [1.54, 1.807) is 13.1 Å². The van der Waals surface area contributed by atoms with Crippen LogP contribution in [0.4, 0.5) is 11.6 Å². The first-order valence-electron chi connectivity index (χ1n) is 5.90. The highest BCUT2D eigenvalue weighted by molar-refractivity contribution is 7.98. The van der Waals surface area contributed by atoms with Crippen LogP contribution in [0.5, 0.6) is 0 Å². The number of nitrogens with one attached hydrogen (secondary N) is 1. The molecule has 0 aromatic carbocycles. The fourth-order valence-electron chi connectivity index (χ4n) is 1.89. The van der Waals surface area contributed by atoms with Crippen LogP contribution in [-0.4, -0.2) is 55.0 Å². The van der Waals surface area contributed by atoms with Crippen molar-refractivity contribution in [1.29, 1.82) is 0 Å². The summed E-state index contributed by atoms with van der Waals surface area (Å²) in [5.74, 6) is 0.995. The maximum Gasteiger partial charge on any atom is 0.242 e. The molecule has 1 aromatic heterocycles. The average molecular weight is 283 g/mol. The molecule has 1 aromatic rings.